The van der Waals surface area contributed by atoms with Gasteiger partial charge in [-0.1, -0.05) is 30.3 Å². The number of hydrogen-bond acceptors (Lipinski definition) is 6. The Morgan fingerprint density at radius 3 is 2.76 bits per heavy atom. The Bertz CT molecular complexity index is 1260. The molecule has 0 aliphatic carbocycles. The number of likely N-dealkylation sites (N-methyl/N-ethyl adjacent to an activating group) is 1. The monoisotopic (exact) mass is 512 g/mol. The number of benzene rings is 1. The molecule has 3 aromatic rings. The Kier molecular flexibility index (Phi) is 7.00. The van der Waals surface area contributed by atoms with E-state index >= 15 is 0 Å². The molecule has 1 fully saturated rings. The summed E-state index contributed by atoms with van der Waals surface area (Å²) in [6, 6.07) is 10.8. The van der Waals surface area contributed by atoms with Gasteiger partial charge in [0, 0.05) is 32.6 Å². The van der Waals surface area contributed by atoms with Crippen molar-refractivity contribution < 1.29 is 18.4 Å². The van der Waals surface area contributed by atoms with Crippen molar-refractivity contribution in [2.24, 2.45) is 0 Å². The second-order valence-electron chi connectivity index (χ2n) is 9.67. The number of halogens is 2. The number of nitrogens with zero attached hydrogens (tertiary/aromatic N) is 7. The van der Waals surface area contributed by atoms with E-state index in [1.54, 1.807) is 21.3 Å². The van der Waals surface area contributed by atoms with Gasteiger partial charge in [-0.25, -0.2) is 23.1 Å². The third-order valence-electron chi connectivity index (χ3n) is 6.80. The highest BCUT2D eigenvalue weighted by Crippen LogP contribution is 2.27. The third kappa shape index (κ3) is 5.85. The summed E-state index contributed by atoms with van der Waals surface area (Å²) in [6.45, 7) is 1.76. The lowest BCUT2D eigenvalue weighted by atomic mass is 10.2. The topological polar surface area (TPSA) is 101 Å². The van der Waals surface area contributed by atoms with E-state index in [1.807, 2.05) is 36.4 Å². The predicted octanol–water partition coefficient (Wildman–Crippen LogP) is 1.96. The van der Waals surface area contributed by atoms with Crippen LogP contribution < -0.4 is 10.2 Å². The first-order valence-electron chi connectivity index (χ1n) is 12.5. The van der Waals surface area contributed by atoms with Gasteiger partial charge in [-0.15, -0.1) is 5.10 Å². The van der Waals surface area contributed by atoms with Crippen LogP contribution in [0.4, 0.5) is 14.6 Å². The summed E-state index contributed by atoms with van der Waals surface area (Å²) in [5, 5.41) is 11.6. The van der Waals surface area contributed by atoms with Gasteiger partial charge in [0.15, 0.2) is 0 Å². The number of nitrogens with one attached hydrogen (secondary N) is 1. The van der Waals surface area contributed by atoms with Crippen LogP contribution in [0.15, 0.2) is 42.7 Å². The highest BCUT2D eigenvalue weighted by atomic mass is 19.3. The molecule has 2 aliphatic rings. The minimum Gasteiger partial charge on any atom is -0.337 e. The molecule has 4 heterocycles. The van der Waals surface area contributed by atoms with E-state index in [2.05, 4.69) is 20.5 Å². The molecule has 2 aromatic heterocycles. The van der Waals surface area contributed by atoms with Gasteiger partial charge in [-0.3, -0.25) is 19.4 Å². The highest BCUT2D eigenvalue weighted by molar-refractivity contribution is 6.00. The summed E-state index contributed by atoms with van der Waals surface area (Å²) >= 11 is 0. The quantitative estimate of drug-likeness (QED) is 0.495. The van der Waals surface area contributed by atoms with E-state index in [-0.39, 0.29) is 24.7 Å². The van der Waals surface area contributed by atoms with Gasteiger partial charge in [0.05, 0.1) is 18.8 Å². The normalized spacial score (nSPS) is 19.6. The Hall–Kier alpha value is -3.67. The average molecular weight is 513 g/mol. The number of carbonyl (C=O) groups excluding carboxylic acids is 2. The molecule has 12 heteroatoms. The smallest absolute Gasteiger partial charge is 0.291 e. The van der Waals surface area contributed by atoms with E-state index in [4.69, 9.17) is 0 Å². The minimum absolute atomic E-state index is 0.00594. The fraction of sp³-hybridized carbons (Fsp3) is 0.480. The Morgan fingerprint density at radius 2 is 2.00 bits per heavy atom. The van der Waals surface area contributed by atoms with Gasteiger partial charge in [0.1, 0.15) is 18.2 Å². The fourth-order valence-corrected chi connectivity index (χ4v) is 4.82. The second-order valence-corrected chi connectivity index (χ2v) is 9.67. The summed E-state index contributed by atoms with van der Waals surface area (Å²) in [4.78, 5) is 33.3. The molecular weight excluding hydrogens is 482 g/mol. The molecular formula is C25H30F2N8O2. The summed E-state index contributed by atoms with van der Waals surface area (Å²) in [5.74, 6) is -2.69. The zero-order valence-corrected chi connectivity index (χ0v) is 20.7. The fourth-order valence-electron chi connectivity index (χ4n) is 4.82. The standard InChI is InChI=1S/C25H30F2N8O2/c1-32-21-14-19(8-5-11-33-13-10-25(26,27)16-33)30-35(21)12-9-20(24(32)37)29-23(36)22-28-17-34(31-22)15-18-6-3-2-4-7-18/h2-4,6-7,14,17,20H,5,8-13,15-16H2,1H3,(H,29,36)/t20-/m0/s1. The molecule has 0 bridgehead atoms. The summed E-state index contributed by atoms with van der Waals surface area (Å²) < 4.78 is 30.1. The zero-order valence-electron chi connectivity index (χ0n) is 20.7. The van der Waals surface area contributed by atoms with E-state index in [9.17, 15) is 18.4 Å². The molecule has 1 saturated heterocycles. The summed E-state index contributed by atoms with van der Waals surface area (Å²) in [6.07, 6.45) is 3.14. The molecule has 0 unspecified atom stereocenters. The van der Waals surface area contributed by atoms with E-state index in [1.165, 1.54) is 11.2 Å². The molecule has 0 radical (unpaired) electrons. The van der Waals surface area contributed by atoms with E-state index < -0.39 is 17.9 Å². The van der Waals surface area contributed by atoms with Gasteiger partial charge in [-0.05, 0) is 31.4 Å². The molecule has 5 rings (SSSR count). The minimum atomic E-state index is -2.58. The number of alkyl halides is 2. The molecule has 37 heavy (non-hydrogen) atoms. The van der Waals surface area contributed by atoms with Crippen molar-refractivity contribution in [2.45, 2.75) is 50.7 Å². The number of hydrogen-bond donors (Lipinski definition) is 1. The van der Waals surface area contributed by atoms with Crippen molar-refractivity contribution in [1.82, 2.24) is 34.8 Å². The second kappa shape index (κ2) is 10.4. The number of carbonyl (C=O) groups is 2. The number of amides is 2. The maximum Gasteiger partial charge on any atom is 0.291 e. The lowest BCUT2D eigenvalue weighted by molar-refractivity contribution is -0.120. The van der Waals surface area contributed by atoms with Gasteiger partial charge in [-0.2, -0.15) is 5.10 Å². The number of aryl methyl sites for hydroxylation is 2. The summed E-state index contributed by atoms with van der Waals surface area (Å²) in [7, 11) is 1.66. The first kappa shape index (κ1) is 25.0. The van der Waals surface area contributed by atoms with Crippen molar-refractivity contribution in [3.05, 3.63) is 59.8 Å². The van der Waals surface area contributed by atoms with Crippen molar-refractivity contribution >= 4 is 17.6 Å². The summed E-state index contributed by atoms with van der Waals surface area (Å²) in [5.41, 5.74) is 1.85. The molecule has 1 N–H and O–H groups in total. The number of anilines is 1. The van der Waals surface area contributed by atoms with Gasteiger partial charge in [0.25, 0.3) is 17.7 Å². The van der Waals surface area contributed by atoms with Crippen molar-refractivity contribution in [1.29, 1.82) is 0 Å². The first-order chi connectivity index (χ1) is 17.8. The lowest BCUT2D eigenvalue weighted by Gasteiger charge is -2.20. The number of likely N-dealkylation sites (tertiary alicyclic amines) is 1. The largest absolute Gasteiger partial charge is 0.337 e. The van der Waals surface area contributed by atoms with Crippen LogP contribution in [0.25, 0.3) is 0 Å². The Balaban J connectivity index is 1.15. The predicted molar refractivity (Wildman–Crippen MR) is 131 cm³/mol. The van der Waals surface area contributed by atoms with Crippen molar-refractivity contribution in [3.8, 4) is 0 Å². The van der Waals surface area contributed by atoms with Crippen molar-refractivity contribution in [3.63, 3.8) is 0 Å². The number of rotatable bonds is 8. The molecule has 1 aromatic carbocycles. The highest BCUT2D eigenvalue weighted by Gasteiger charge is 2.37. The molecule has 1 atom stereocenters. The Labute approximate surface area is 213 Å². The van der Waals surface area contributed by atoms with Crippen LogP contribution in [-0.4, -0.2) is 79.9 Å². The van der Waals surface area contributed by atoms with Crippen LogP contribution in [0.5, 0.6) is 0 Å². The molecule has 0 saturated carbocycles. The molecule has 2 amide bonds. The first-order valence-corrected chi connectivity index (χ1v) is 12.5. The molecule has 0 spiro atoms. The van der Waals surface area contributed by atoms with Crippen LogP contribution in [0.3, 0.4) is 0 Å². The Morgan fingerprint density at radius 1 is 1.19 bits per heavy atom. The number of fused-ring (bicyclic) bond motifs is 1. The van der Waals surface area contributed by atoms with Crippen molar-refractivity contribution in [2.75, 3.05) is 31.6 Å². The maximum atomic E-state index is 13.4. The average Bonchev–Trinajstić information content (AvgIpc) is 3.58. The number of aromatic nitrogens is 5. The lowest BCUT2D eigenvalue weighted by Crippen LogP contribution is -2.47. The molecule has 196 valence electrons. The molecule has 2 aliphatic heterocycles. The third-order valence-corrected chi connectivity index (χ3v) is 6.80. The zero-order chi connectivity index (χ0) is 26.0. The van der Waals surface area contributed by atoms with Crippen LogP contribution in [0.2, 0.25) is 0 Å². The van der Waals surface area contributed by atoms with Crippen LogP contribution >= 0.6 is 0 Å². The van der Waals surface area contributed by atoms with E-state index in [0.717, 1.165) is 11.3 Å². The van der Waals surface area contributed by atoms with E-state index in [0.29, 0.717) is 51.3 Å². The van der Waals surface area contributed by atoms with Gasteiger partial charge >= 0.3 is 0 Å². The van der Waals surface area contributed by atoms with Crippen LogP contribution in [0, 0.1) is 0 Å². The molecule has 10 nitrogen and oxygen atoms in total. The van der Waals surface area contributed by atoms with Gasteiger partial charge in [0.2, 0.25) is 5.82 Å². The van der Waals surface area contributed by atoms with Crippen LogP contribution in [-0.2, 0) is 24.3 Å². The SMILES string of the molecule is CN1C(=O)[C@@H](NC(=O)c2ncn(Cc3ccccc3)n2)CCn2nc(CCCN3CCC(F)(F)C3)cc21. The van der Waals surface area contributed by atoms with Gasteiger partial charge < -0.3 is 5.32 Å². The maximum absolute atomic E-state index is 13.4. The van der Waals surface area contributed by atoms with Crippen LogP contribution in [0.1, 0.15) is 41.1 Å².